The van der Waals surface area contributed by atoms with Gasteiger partial charge in [-0.15, -0.1) is 0 Å². The first-order valence-electron chi connectivity index (χ1n) is 10.1. The van der Waals surface area contributed by atoms with Crippen LogP contribution in [0.15, 0.2) is 35.5 Å². The third-order valence-electron chi connectivity index (χ3n) is 6.18. The summed E-state index contributed by atoms with van der Waals surface area (Å²) >= 11 is 0. The number of anilines is 2. The van der Waals surface area contributed by atoms with Crippen LogP contribution in [0.2, 0.25) is 0 Å². The first kappa shape index (κ1) is 17.3. The Morgan fingerprint density at radius 2 is 1.86 bits per heavy atom. The third-order valence-corrected chi connectivity index (χ3v) is 6.18. The Hall–Kier alpha value is -2.76. The standard InChI is InChI=1S/C22H25N5O/c1-22(2)8-11-26(12-9-22)19-14-23-20-16(25-19)13-24-21(20)27-10-7-18(28)15-5-3-4-6-17(15)27/h3-6,14H,7-13H2,1-2H3. The molecule has 0 aliphatic carbocycles. The molecule has 0 spiro atoms. The molecule has 2 aromatic rings. The number of carbonyl (C=O) groups is 1. The van der Waals surface area contributed by atoms with E-state index in [0.29, 0.717) is 24.9 Å². The first-order chi connectivity index (χ1) is 13.5. The minimum Gasteiger partial charge on any atom is -0.355 e. The van der Waals surface area contributed by atoms with Crippen LogP contribution in [0.25, 0.3) is 0 Å². The largest absolute Gasteiger partial charge is 0.355 e. The summed E-state index contributed by atoms with van der Waals surface area (Å²) in [5.41, 5.74) is 3.90. The molecule has 0 radical (unpaired) electrons. The number of nitrogens with zero attached hydrogens (tertiary/aromatic N) is 5. The highest BCUT2D eigenvalue weighted by molar-refractivity contribution is 6.16. The monoisotopic (exact) mass is 375 g/mol. The maximum atomic E-state index is 12.3. The van der Waals surface area contributed by atoms with Crippen molar-refractivity contribution in [2.24, 2.45) is 10.4 Å². The number of para-hydroxylation sites is 1. The zero-order valence-electron chi connectivity index (χ0n) is 16.5. The lowest BCUT2D eigenvalue weighted by molar-refractivity contribution is 0.0981. The molecule has 1 fully saturated rings. The van der Waals surface area contributed by atoms with Crippen molar-refractivity contribution >= 4 is 23.1 Å². The lowest BCUT2D eigenvalue weighted by Gasteiger charge is -2.37. The highest BCUT2D eigenvalue weighted by Crippen LogP contribution is 2.33. The summed E-state index contributed by atoms with van der Waals surface area (Å²) in [5.74, 6) is 1.99. The second kappa shape index (κ2) is 6.40. The van der Waals surface area contributed by atoms with E-state index in [9.17, 15) is 4.79 Å². The Labute approximate surface area is 165 Å². The molecule has 0 amide bonds. The SMILES string of the molecule is CC1(C)CCN(c2cnc3c(n2)CN=C3N2CCC(=O)c3ccccc32)CC1. The van der Waals surface area contributed by atoms with Crippen LogP contribution >= 0.6 is 0 Å². The number of carbonyl (C=O) groups excluding carboxylic acids is 1. The molecule has 5 rings (SSSR count). The van der Waals surface area contributed by atoms with Crippen molar-refractivity contribution in [1.29, 1.82) is 0 Å². The number of hydrogen-bond acceptors (Lipinski definition) is 6. The molecule has 1 saturated heterocycles. The van der Waals surface area contributed by atoms with Gasteiger partial charge in [0.05, 0.1) is 24.1 Å². The Kier molecular flexibility index (Phi) is 3.96. The van der Waals surface area contributed by atoms with E-state index in [2.05, 4.69) is 23.6 Å². The molecule has 0 atom stereocenters. The molecule has 0 unspecified atom stereocenters. The van der Waals surface area contributed by atoms with Gasteiger partial charge in [-0.1, -0.05) is 26.0 Å². The molecular formula is C22H25N5O. The van der Waals surface area contributed by atoms with Crippen molar-refractivity contribution in [2.45, 2.75) is 39.7 Å². The topological polar surface area (TPSA) is 61.7 Å². The normalized spacial score (nSPS) is 20.6. The summed E-state index contributed by atoms with van der Waals surface area (Å²) in [7, 11) is 0. The number of amidine groups is 1. The molecule has 0 N–H and O–H groups in total. The Bertz CT molecular complexity index is 971. The van der Waals surface area contributed by atoms with E-state index in [-0.39, 0.29) is 5.78 Å². The molecule has 0 bridgehead atoms. The summed E-state index contributed by atoms with van der Waals surface area (Å²) in [5, 5.41) is 0. The maximum Gasteiger partial charge on any atom is 0.166 e. The summed E-state index contributed by atoms with van der Waals surface area (Å²) in [6, 6.07) is 7.77. The third kappa shape index (κ3) is 2.87. The summed E-state index contributed by atoms with van der Waals surface area (Å²) < 4.78 is 0. The molecule has 3 aliphatic heterocycles. The molecule has 4 heterocycles. The number of benzene rings is 1. The Balaban J connectivity index is 1.42. The maximum absolute atomic E-state index is 12.3. The fourth-order valence-electron chi connectivity index (χ4n) is 4.28. The average Bonchev–Trinajstić information content (AvgIpc) is 3.12. The smallest absolute Gasteiger partial charge is 0.166 e. The van der Waals surface area contributed by atoms with E-state index in [0.717, 1.165) is 47.4 Å². The van der Waals surface area contributed by atoms with E-state index in [1.165, 1.54) is 12.8 Å². The van der Waals surface area contributed by atoms with Crippen LogP contribution < -0.4 is 9.80 Å². The molecule has 28 heavy (non-hydrogen) atoms. The number of aliphatic imine (C=N–C) groups is 1. The van der Waals surface area contributed by atoms with Gasteiger partial charge in [-0.05, 0) is 30.4 Å². The average molecular weight is 375 g/mol. The highest BCUT2D eigenvalue weighted by atomic mass is 16.1. The molecule has 6 nitrogen and oxygen atoms in total. The van der Waals surface area contributed by atoms with Crippen molar-refractivity contribution in [3.8, 4) is 0 Å². The fourth-order valence-corrected chi connectivity index (χ4v) is 4.28. The van der Waals surface area contributed by atoms with Gasteiger partial charge in [-0.25, -0.2) is 9.97 Å². The lowest BCUT2D eigenvalue weighted by Crippen LogP contribution is -2.39. The molecule has 144 valence electrons. The van der Waals surface area contributed by atoms with E-state index in [1.807, 2.05) is 30.5 Å². The van der Waals surface area contributed by atoms with E-state index in [1.54, 1.807) is 0 Å². The second-order valence-corrected chi connectivity index (χ2v) is 8.66. The van der Waals surface area contributed by atoms with Crippen LogP contribution in [-0.4, -0.2) is 41.2 Å². The van der Waals surface area contributed by atoms with Crippen molar-refractivity contribution in [1.82, 2.24) is 9.97 Å². The summed E-state index contributed by atoms with van der Waals surface area (Å²) in [4.78, 5) is 31.1. The predicted octanol–water partition coefficient (Wildman–Crippen LogP) is 3.46. The Morgan fingerprint density at radius 1 is 1.07 bits per heavy atom. The van der Waals surface area contributed by atoms with Crippen LogP contribution in [0.3, 0.4) is 0 Å². The van der Waals surface area contributed by atoms with Gasteiger partial charge in [0.1, 0.15) is 11.5 Å². The lowest BCUT2D eigenvalue weighted by atomic mass is 9.83. The first-order valence-corrected chi connectivity index (χ1v) is 10.1. The van der Waals surface area contributed by atoms with Gasteiger partial charge >= 0.3 is 0 Å². The van der Waals surface area contributed by atoms with Gasteiger partial charge in [0.2, 0.25) is 0 Å². The number of Topliss-reactive ketones (excluding diaryl/α,β-unsaturated/α-hetero) is 1. The molecule has 1 aromatic heterocycles. The number of aromatic nitrogens is 2. The molecule has 1 aromatic carbocycles. The molecule has 3 aliphatic rings. The minimum atomic E-state index is 0.195. The van der Waals surface area contributed by atoms with Gasteiger partial charge in [0, 0.05) is 31.6 Å². The van der Waals surface area contributed by atoms with Crippen LogP contribution in [0.1, 0.15) is 54.9 Å². The second-order valence-electron chi connectivity index (χ2n) is 8.66. The molecule has 0 saturated carbocycles. The number of piperidine rings is 1. The van der Waals surface area contributed by atoms with Gasteiger partial charge in [-0.3, -0.25) is 9.79 Å². The quantitative estimate of drug-likeness (QED) is 0.764. The minimum absolute atomic E-state index is 0.195. The van der Waals surface area contributed by atoms with Crippen LogP contribution in [-0.2, 0) is 6.54 Å². The predicted molar refractivity (Wildman–Crippen MR) is 110 cm³/mol. The van der Waals surface area contributed by atoms with E-state index < -0.39 is 0 Å². The highest BCUT2D eigenvalue weighted by Gasteiger charge is 2.32. The number of hydrogen-bond donors (Lipinski definition) is 0. The van der Waals surface area contributed by atoms with Crippen LogP contribution in [0.5, 0.6) is 0 Å². The Morgan fingerprint density at radius 3 is 2.68 bits per heavy atom. The van der Waals surface area contributed by atoms with Gasteiger partial charge in [-0.2, -0.15) is 0 Å². The van der Waals surface area contributed by atoms with E-state index in [4.69, 9.17) is 15.0 Å². The molecular weight excluding hydrogens is 350 g/mol. The van der Waals surface area contributed by atoms with Gasteiger partial charge < -0.3 is 9.80 Å². The fraction of sp³-hybridized carbons (Fsp3) is 0.455. The van der Waals surface area contributed by atoms with Crippen LogP contribution in [0, 0.1) is 5.41 Å². The van der Waals surface area contributed by atoms with Crippen molar-refractivity contribution in [3.05, 3.63) is 47.4 Å². The van der Waals surface area contributed by atoms with Crippen molar-refractivity contribution in [3.63, 3.8) is 0 Å². The number of ketones is 1. The van der Waals surface area contributed by atoms with E-state index >= 15 is 0 Å². The van der Waals surface area contributed by atoms with Crippen LogP contribution in [0.4, 0.5) is 11.5 Å². The number of rotatable bonds is 1. The summed E-state index contributed by atoms with van der Waals surface area (Å²) in [6.45, 7) is 7.90. The zero-order valence-corrected chi connectivity index (χ0v) is 16.5. The van der Waals surface area contributed by atoms with Gasteiger partial charge in [0.25, 0.3) is 0 Å². The molecule has 6 heteroatoms. The number of fused-ring (bicyclic) bond motifs is 2. The zero-order chi connectivity index (χ0) is 19.3. The van der Waals surface area contributed by atoms with Crippen molar-refractivity contribution < 1.29 is 4.79 Å². The van der Waals surface area contributed by atoms with Gasteiger partial charge in [0.15, 0.2) is 11.6 Å². The summed E-state index contributed by atoms with van der Waals surface area (Å²) in [6.07, 6.45) is 4.73. The van der Waals surface area contributed by atoms with Crippen molar-refractivity contribution in [2.75, 3.05) is 29.4 Å².